The lowest BCUT2D eigenvalue weighted by molar-refractivity contribution is 0.289. The fraction of sp³-hybridized carbons (Fsp3) is 0.647. The maximum atomic E-state index is 9.44. The van der Waals surface area contributed by atoms with Crippen LogP contribution < -0.4 is 10.6 Å². The molecule has 3 N–H and O–H groups in total. The number of hydrogen-bond acceptors (Lipinski definition) is 3. The Bertz CT molecular complexity index is 402. The Morgan fingerprint density at radius 3 is 2.60 bits per heavy atom. The second kappa shape index (κ2) is 7.65. The molecule has 0 heterocycles. The Morgan fingerprint density at radius 2 is 1.95 bits per heavy atom. The summed E-state index contributed by atoms with van der Waals surface area (Å²) < 4.78 is 0. The first-order valence-electron chi connectivity index (χ1n) is 8.00. The zero-order valence-electron chi connectivity index (χ0n) is 12.6. The number of hydrogen-bond donors (Lipinski definition) is 2. The average molecular weight is 276 g/mol. The van der Waals surface area contributed by atoms with Crippen molar-refractivity contribution in [1.82, 2.24) is 0 Å². The molecule has 0 unspecified atom stereocenters. The molecule has 0 saturated heterocycles. The van der Waals surface area contributed by atoms with Crippen molar-refractivity contribution in [1.29, 1.82) is 0 Å². The van der Waals surface area contributed by atoms with Gasteiger partial charge in [-0.05, 0) is 30.9 Å². The molecule has 2 rings (SSSR count). The Balaban J connectivity index is 2.28. The number of rotatable bonds is 6. The quantitative estimate of drug-likeness (QED) is 0.838. The lowest BCUT2D eigenvalue weighted by Gasteiger charge is -2.37. The Hall–Kier alpha value is -1.06. The van der Waals surface area contributed by atoms with Gasteiger partial charge in [0.25, 0.3) is 0 Å². The van der Waals surface area contributed by atoms with E-state index in [0.717, 1.165) is 6.42 Å². The SMILES string of the molecule is CC[C@H](N)c1ccccc1N(CCO)C1CCCCC1. The summed E-state index contributed by atoms with van der Waals surface area (Å²) in [7, 11) is 0. The predicted octanol–water partition coefficient (Wildman–Crippen LogP) is 3.23. The Morgan fingerprint density at radius 1 is 1.25 bits per heavy atom. The van der Waals surface area contributed by atoms with Gasteiger partial charge in [0.15, 0.2) is 0 Å². The molecule has 1 fully saturated rings. The number of aliphatic hydroxyl groups excluding tert-OH is 1. The van der Waals surface area contributed by atoms with Crippen LogP contribution in [0.1, 0.15) is 57.1 Å². The van der Waals surface area contributed by atoms with Crippen LogP contribution in [0.2, 0.25) is 0 Å². The van der Waals surface area contributed by atoms with Crippen molar-refractivity contribution in [3.63, 3.8) is 0 Å². The van der Waals surface area contributed by atoms with Crippen molar-refractivity contribution < 1.29 is 5.11 Å². The minimum atomic E-state index is 0.0796. The highest BCUT2D eigenvalue weighted by Crippen LogP contribution is 2.32. The molecule has 112 valence electrons. The number of nitrogens with two attached hydrogens (primary N) is 1. The van der Waals surface area contributed by atoms with E-state index in [0.29, 0.717) is 12.6 Å². The van der Waals surface area contributed by atoms with E-state index in [1.165, 1.54) is 43.4 Å². The van der Waals surface area contributed by atoms with Gasteiger partial charge in [0, 0.05) is 24.3 Å². The van der Waals surface area contributed by atoms with Gasteiger partial charge in [-0.2, -0.15) is 0 Å². The highest BCUT2D eigenvalue weighted by Gasteiger charge is 2.23. The summed E-state index contributed by atoms with van der Waals surface area (Å²) in [5.74, 6) is 0. The molecule has 3 nitrogen and oxygen atoms in total. The van der Waals surface area contributed by atoms with E-state index in [2.05, 4.69) is 36.1 Å². The number of para-hydroxylation sites is 1. The average Bonchev–Trinajstić information content (AvgIpc) is 2.53. The first-order chi connectivity index (χ1) is 9.77. The van der Waals surface area contributed by atoms with Gasteiger partial charge in [-0.3, -0.25) is 0 Å². The molecule has 0 radical (unpaired) electrons. The van der Waals surface area contributed by atoms with Crippen molar-refractivity contribution in [3.8, 4) is 0 Å². The van der Waals surface area contributed by atoms with Gasteiger partial charge in [0.1, 0.15) is 0 Å². The summed E-state index contributed by atoms with van der Waals surface area (Å²) in [5.41, 5.74) is 8.71. The molecule has 0 spiro atoms. The normalized spacial score (nSPS) is 17.9. The van der Waals surface area contributed by atoms with Crippen molar-refractivity contribution in [2.45, 2.75) is 57.5 Å². The van der Waals surface area contributed by atoms with E-state index in [-0.39, 0.29) is 12.6 Å². The molecule has 0 aliphatic heterocycles. The van der Waals surface area contributed by atoms with E-state index >= 15 is 0 Å². The third kappa shape index (κ3) is 3.53. The van der Waals surface area contributed by atoms with Crippen LogP contribution in [0.4, 0.5) is 5.69 Å². The van der Waals surface area contributed by atoms with E-state index in [1.807, 2.05) is 0 Å². The fourth-order valence-electron chi connectivity index (χ4n) is 3.28. The molecular formula is C17H28N2O. The second-order valence-corrected chi connectivity index (χ2v) is 5.78. The molecule has 1 aromatic rings. The molecule has 3 heteroatoms. The maximum Gasteiger partial charge on any atom is 0.0606 e. The van der Waals surface area contributed by atoms with Crippen LogP contribution in [0.5, 0.6) is 0 Å². The van der Waals surface area contributed by atoms with Gasteiger partial charge in [-0.25, -0.2) is 0 Å². The van der Waals surface area contributed by atoms with E-state index in [1.54, 1.807) is 0 Å². The van der Waals surface area contributed by atoms with E-state index < -0.39 is 0 Å². The summed E-state index contributed by atoms with van der Waals surface area (Å²) in [6.07, 6.45) is 7.35. The molecule has 1 aliphatic carbocycles. The van der Waals surface area contributed by atoms with Gasteiger partial charge in [-0.15, -0.1) is 0 Å². The second-order valence-electron chi connectivity index (χ2n) is 5.78. The molecule has 20 heavy (non-hydrogen) atoms. The minimum absolute atomic E-state index is 0.0796. The van der Waals surface area contributed by atoms with Crippen LogP contribution in [0.15, 0.2) is 24.3 Å². The first-order valence-corrected chi connectivity index (χ1v) is 8.00. The summed E-state index contributed by atoms with van der Waals surface area (Å²) in [5, 5.41) is 9.44. The van der Waals surface area contributed by atoms with Crippen molar-refractivity contribution >= 4 is 5.69 Å². The third-order valence-electron chi connectivity index (χ3n) is 4.44. The standard InChI is InChI=1S/C17H28N2O/c1-2-16(18)15-10-6-7-11-17(15)19(12-13-20)14-8-4-3-5-9-14/h6-7,10-11,14,16,20H,2-5,8-9,12-13,18H2,1H3/t16-/m0/s1. The smallest absolute Gasteiger partial charge is 0.0606 e. The number of nitrogens with zero attached hydrogens (tertiary/aromatic N) is 1. The molecule has 1 atom stereocenters. The van der Waals surface area contributed by atoms with Crippen LogP contribution in [0, 0.1) is 0 Å². The van der Waals surface area contributed by atoms with Crippen LogP contribution >= 0.6 is 0 Å². The van der Waals surface area contributed by atoms with Crippen LogP contribution in [-0.2, 0) is 0 Å². The van der Waals surface area contributed by atoms with Gasteiger partial charge in [0.05, 0.1) is 6.61 Å². The maximum absolute atomic E-state index is 9.44. The van der Waals surface area contributed by atoms with Crippen molar-refractivity contribution in [2.24, 2.45) is 5.73 Å². The molecule has 1 saturated carbocycles. The molecule has 1 aromatic carbocycles. The lowest BCUT2D eigenvalue weighted by Crippen LogP contribution is -2.39. The largest absolute Gasteiger partial charge is 0.395 e. The zero-order valence-corrected chi connectivity index (χ0v) is 12.6. The predicted molar refractivity (Wildman–Crippen MR) is 85.0 cm³/mol. The van der Waals surface area contributed by atoms with E-state index in [9.17, 15) is 5.11 Å². The molecule has 0 aromatic heterocycles. The minimum Gasteiger partial charge on any atom is -0.395 e. The molecular weight excluding hydrogens is 248 g/mol. The topological polar surface area (TPSA) is 49.5 Å². The summed E-state index contributed by atoms with van der Waals surface area (Å²) in [6, 6.07) is 9.07. The van der Waals surface area contributed by atoms with Gasteiger partial charge in [0.2, 0.25) is 0 Å². The van der Waals surface area contributed by atoms with Gasteiger partial charge in [-0.1, -0.05) is 44.4 Å². The van der Waals surface area contributed by atoms with E-state index in [4.69, 9.17) is 5.73 Å². The Labute approximate surface area is 122 Å². The molecule has 0 amide bonds. The number of anilines is 1. The lowest BCUT2D eigenvalue weighted by atomic mass is 9.92. The Kier molecular flexibility index (Phi) is 5.86. The highest BCUT2D eigenvalue weighted by molar-refractivity contribution is 5.56. The highest BCUT2D eigenvalue weighted by atomic mass is 16.3. The van der Waals surface area contributed by atoms with Crippen molar-refractivity contribution in [3.05, 3.63) is 29.8 Å². The summed E-state index contributed by atoms with van der Waals surface area (Å²) in [6.45, 7) is 3.03. The number of aliphatic hydroxyl groups is 1. The van der Waals surface area contributed by atoms with Gasteiger partial charge >= 0.3 is 0 Å². The van der Waals surface area contributed by atoms with Crippen LogP contribution in [-0.4, -0.2) is 24.3 Å². The molecule has 1 aliphatic rings. The zero-order chi connectivity index (χ0) is 14.4. The molecule has 0 bridgehead atoms. The first kappa shape index (κ1) is 15.3. The van der Waals surface area contributed by atoms with Crippen LogP contribution in [0.3, 0.4) is 0 Å². The summed E-state index contributed by atoms with van der Waals surface area (Å²) in [4.78, 5) is 2.39. The number of benzene rings is 1. The fourth-order valence-corrected chi connectivity index (χ4v) is 3.28. The van der Waals surface area contributed by atoms with Crippen LogP contribution in [0.25, 0.3) is 0 Å². The van der Waals surface area contributed by atoms with Crippen molar-refractivity contribution in [2.75, 3.05) is 18.1 Å². The summed E-state index contributed by atoms with van der Waals surface area (Å²) >= 11 is 0. The van der Waals surface area contributed by atoms with Gasteiger partial charge < -0.3 is 15.7 Å². The monoisotopic (exact) mass is 276 g/mol. The third-order valence-corrected chi connectivity index (χ3v) is 4.44.